The zero-order chi connectivity index (χ0) is 21.5. The third-order valence-electron chi connectivity index (χ3n) is 4.63. The maximum atomic E-state index is 13.3. The highest BCUT2D eigenvalue weighted by atomic mass is 32.1. The summed E-state index contributed by atoms with van der Waals surface area (Å²) in [6.45, 7) is 2.01. The maximum absolute atomic E-state index is 13.3. The third-order valence-corrected chi connectivity index (χ3v) is 5.65. The van der Waals surface area contributed by atoms with Gasteiger partial charge in [0.25, 0.3) is 5.91 Å². The Balaban J connectivity index is 1.65. The van der Waals surface area contributed by atoms with Crippen LogP contribution in [0.1, 0.15) is 10.4 Å². The summed E-state index contributed by atoms with van der Waals surface area (Å²) in [5, 5.41) is 12.3. The Morgan fingerprint density at radius 1 is 1.13 bits per heavy atom. The van der Waals surface area contributed by atoms with Gasteiger partial charge in [-0.05, 0) is 49.4 Å². The lowest BCUT2D eigenvalue weighted by molar-refractivity contribution is -0.115. The Kier molecular flexibility index (Phi) is 4.48. The lowest BCUT2D eigenvalue weighted by atomic mass is 10.2. The second-order valence-electron chi connectivity index (χ2n) is 6.87. The Hall–Kier alpha value is -4.05. The monoisotopic (exact) mass is 434 g/mol. The number of nitrogens with zero attached hydrogens (tertiary/aromatic N) is 3. The smallest absolute Gasteiger partial charge is 0.326 e. The summed E-state index contributed by atoms with van der Waals surface area (Å²) in [5.74, 6) is -0.230. The number of aryl methyl sites for hydroxylation is 1. The molecular weight excluding hydrogens is 419 g/mol. The molecule has 1 aromatic carbocycles. The van der Waals surface area contributed by atoms with Gasteiger partial charge in [-0.25, -0.2) is 14.2 Å². The third kappa shape index (κ3) is 3.64. The molecule has 0 radical (unpaired) electrons. The molecule has 1 aliphatic rings. The molecule has 1 fully saturated rings. The van der Waals surface area contributed by atoms with Crippen LogP contribution >= 0.6 is 11.3 Å². The van der Waals surface area contributed by atoms with Crippen molar-refractivity contribution < 1.29 is 14.0 Å². The minimum atomic E-state index is -0.575. The number of aromatic nitrogens is 3. The van der Waals surface area contributed by atoms with Crippen molar-refractivity contribution in [2.75, 3.05) is 5.32 Å². The van der Waals surface area contributed by atoms with E-state index in [4.69, 9.17) is 4.98 Å². The van der Waals surface area contributed by atoms with E-state index in [1.807, 2.05) is 25.1 Å². The standard InChI is InChI=1S/C21H15FN6O2S/c1-11-2-7-17(31-11)15-9-18(24-14-5-3-13(22)4-6-14)28-19(25-15)12(10-23-28)8-16-20(29)27-21(30)26-16/h2-10,24H,1H3,(H2,26,27,29,30)/b16-8-. The van der Waals surface area contributed by atoms with E-state index in [9.17, 15) is 14.0 Å². The normalized spacial score (nSPS) is 14.8. The van der Waals surface area contributed by atoms with E-state index < -0.39 is 11.9 Å². The largest absolute Gasteiger partial charge is 0.340 e. The summed E-state index contributed by atoms with van der Waals surface area (Å²) in [6, 6.07) is 11.3. The number of anilines is 2. The van der Waals surface area contributed by atoms with Crippen molar-refractivity contribution in [1.29, 1.82) is 0 Å². The predicted octanol–water partition coefficient (Wildman–Crippen LogP) is 3.83. The zero-order valence-corrected chi connectivity index (χ0v) is 17.0. The van der Waals surface area contributed by atoms with Crippen molar-refractivity contribution in [2.45, 2.75) is 6.92 Å². The number of nitrogens with one attached hydrogen (secondary N) is 3. The Labute approximate surface area is 179 Å². The van der Waals surface area contributed by atoms with Gasteiger partial charge in [-0.3, -0.25) is 10.1 Å². The molecule has 1 aliphatic heterocycles. The lowest BCUT2D eigenvalue weighted by Gasteiger charge is -2.10. The molecule has 0 saturated carbocycles. The summed E-state index contributed by atoms with van der Waals surface area (Å²) < 4.78 is 14.9. The summed E-state index contributed by atoms with van der Waals surface area (Å²) in [7, 11) is 0. The average molecular weight is 434 g/mol. The van der Waals surface area contributed by atoms with Gasteiger partial charge in [-0.1, -0.05) is 0 Å². The van der Waals surface area contributed by atoms with Crippen LogP contribution in [0.5, 0.6) is 0 Å². The van der Waals surface area contributed by atoms with E-state index in [1.165, 1.54) is 18.2 Å². The molecule has 31 heavy (non-hydrogen) atoms. The maximum Gasteiger partial charge on any atom is 0.326 e. The van der Waals surface area contributed by atoms with Crippen LogP contribution in [0.3, 0.4) is 0 Å². The van der Waals surface area contributed by atoms with Crippen LogP contribution in [-0.4, -0.2) is 26.5 Å². The van der Waals surface area contributed by atoms with Crippen molar-refractivity contribution in [2.24, 2.45) is 0 Å². The molecule has 3 aromatic heterocycles. The van der Waals surface area contributed by atoms with E-state index in [0.717, 1.165) is 15.4 Å². The Morgan fingerprint density at radius 2 is 1.94 bits per heavy atom. The number of fused-ring (bicyclic) bond motifs is 1. The summed E-state index contributed by atoms with van der Waals surface area (Å²) in [4.78, 5) is 30.2. The van der Waals surface area contributed by atoms with Gasteiger partial charge >= 0.3 is 6.03 Å². The van der Waals surface area contributed by atoms with Gasteiger partial charge in [0.15, 0.2) is 5.65 Å². The van der Waals surface area contributed by atoms with Gasteiger partial charge < -0.3 is 10.6 Å². The lowest BCUT2D eigenvalue weighted by Crippen LogP contribution is -2.22. The first-order valence-electron chi connectivity index (χ1n) is 9.28. The van der Waals surface area contributed by atoms with E-state index in [0.29, 0.717) is 22.7 Å². The van der Waals surface area contributed by atoms with Gasteiger partial charge in [0.1, 0.15) is 17.3 Å². The zero-order valence-electron chi connectivity index (χ0n) is 16.1. The van der Waals surface area contributed by atoms with Gasteiger partial charge in [0.05, 0.1) is 16.8 Å². The number of hydrogen-bond acceptors (Lipinski definition) is 6. The first-order valence-corrected chi connectivity index (χ1v) is 10.1. The molecule has 0 unspecified atom stereocenters. The second-order valence-corrected chi connectivity index (χ2v) is 8.16. The van der Waals surface area contributed by atoms with Crippen LogP contribution in [0.25, 0.3) is 22.3 Å². The number of hydrogen-bond donors (Lipinski definition) is 3. The quantitative estimate of drug-likeness (QED) is 0.335. The first kappa shape index (κ1) is 18.9. The minimum absolute atomic E-state index is 0.118. The number of benzene rings is 1. The number of amides is 3. The highest BCUT2D eigenvalue weighted by Gasteiger charge is 2.24. The summed E-state index contributed by atoms with van der Waals surface area (Å²) >= 11 is 1.60. The molecule has 4 heterocycles. The molecule has 10 heteroatoms. The van der Waals surface area contributed by atoms with Gasteiger partial charge in [-0.15, -0.1) is 11.3 Å². The fourth-order valence-electron chi connectivity index (χ4n) is 3.19. The molecule has 0 bridgehead atoms. The Morgan fingerprint density at radius 3 is 2.61 bits per heavy atom. The van der Waals surface area contributed by atoms with Crippen LogP contribution in [0.15, 0.2) is 54.4 Å². The van der Waals surface area contributed by atoms with Crippen molar-refractivity contribution in [3.63, 3.8) is 0 Å². The van der Waals surface area contributed by atoms with Crippen molar-refractivity contribution in [3.05, 3.63) is 70.6 Å². The molecular formula is C21H15FN6O2S. The number of carbonyl (C=O) groups is 2. The molecule has 4 aromatic rings. The van der Waals surface area contributed by atoms with E-state index in [-0.39, 0.29) is 11.5 Å². The minimum Gasteiger partial charge on any atom is -0.340 e. The van der Waals surface area contributed by atoms with Crippen molar-refractivity contribution >= 4 is 46.5 Å². The highest BCUT2D eigenvalue weighted by molar-refractivity contribution is 7.15. The number of thiophene rings is 1. The number of rotatable bonds is 4. The van der Waals surface area contributed by atoms with E-state index in [1.54, 1.807) is 34.2 Å². The number of halogens is 1. The predicted molar refractivity (Wildman–Crippen MR) is 115 cm³/mol. The van der Waals surface area contributed by atoms with Crippen LogP contribution in [-0.2, 0) is 4.79 Å². The molecule has 0 aliphatic carbocycles. The molecule has 0 atom stereocenters. The molecule has 3 amide bonds. The van der Waals surface area contributed by atoms with Gasteiger partial charge in [-0.2, -0.15) is 9.61 Å². The van der Waals surface area contributed by atoms with E-state index >= 15 is 0 Å². The van der Waals surface area contributed by atoms with Crippen molar-refractivity contribution in [3.8, 4) is 10.6 Å². The number of urea groups is 1. The summed E-state index contributed by atoms with van der Waals surface area (Å²) in [6.07, 6.45) is 3.09. The Bertz CT molecular complexity index is 1370. The molecule has 5 rings (SSSR count). The molecule has 1 saturated heterocycles. The second kappa shape index (κ2) is 7.33. The average Bonchev–Trinajstić information content (AvgIpc) is 3.43. The molecule has 3 N–H and O–H groups in total. The van der Waals surface area contributed by atoms with Crippen LogP contribution in [0.4, 0.5) is 20.7 Å². The first-order chi connectivity index (χ1) is 15.0. The van der Waals surface area contributed by atoms with Gasteiger partial charge in [0, 0.05) is 22.2 Å². The highest BCUT2D eigenvalue weighted by Crippen LogP contribution is 2.31. The fraction of sp³-hybridized carbons (Fsp3) is 0.0476. The van der Waals surface area contributed by atoms with Crippen molar-refractivity contribution in [1.82, 2.24) is 25.2 Å². The van der Waals surface area contributed by atoms with Crippen LogP contribution in [0, 0.1) is 12.7 Å². The number of carbonyl (C=O) groups excluding carboxylic acids is 2. The topological polar surface area (TPSA) is 100 Å². The molecule has 154 valence electrons. The fourth-order valence-corrected chi connectivity index (χ4v) is 4.02. The van der Waals surface area contributed by atoms with E-state index in [2.05, 4.69) is 21.0 Å². The van der Waals surface area contributed by atoms with Crippen LogP contribution < -0.4 is 16.0 Å². The summed E-state index contributed by atoms with van der Waals surface area (Å²) in [5.41, 5.74) is 2.57. The van der Waals surface area contributed by atoms with Gasteiger partial charge in [0.2, 0.25) is 0 Å². The molecule has 8 nitrogen and oxygen atoms in total. The number of imide groups is 1. The van der Waals surface area contributed by atoms with Crippen LogP contribution in [0.2, 0.25) is 0 Å². The molecule has 0 spiro atoms. The SMILES string of the molecule is Cc1ccc(-c2cc(Nc3ccc(F)cc3)n3ncc(/C=C4\NC(=O)NC4=O)c3n2)s1.